The van der Waals surface area contributed by atoms with Crippen molar-refractivity contribution in [3.8, 4) is 11.3 Å². The van der Waals surface area contributed by atoms with Gasteiger partial charge in [-0.15, -0.1) is 0 Å². The highest BCUT2D eigenvalue weighted by molar-refractivity contribution is 5.99. The molecule has 36 heavy (non-hydrogen) atoms. The first-order valence-electron chi connectivity index (χ1n) is 12.4. The summed E-state index contributed by atoms with van der Waals surface area (Å²) in [6.45, 7) is 2.17. The number of pyridine rings is 1. The van der Waals surface area contributed by atoms with Crippen LogP contribution >= 0.6 is 0 Å². The zero-order chi connectivity index (χ0) is 24.8. The van der Waals surface area contributed by atoms with E-state index >= 15 is 0 Å². The number of likely N-dealkylation sites (tertiary alicyclic amines) is 1. The van der Waals surface area contributed by atoms with Gasteiger partial charge in [0.05, 0.1) is 5.69 Å². The maximum atomic E-state index is 13.0. The highest BCUT2D eigenvalue weighted by Crippen LogP contribution is 2.28. The highest BCUT2D eigenvalue weighted by atomic mass is 16.2. The maximum absolute atomic E-state index is 13.0. The lowest BCUT2D eigenvalue weighted by molar-refractivity contribution is 0.0782. The average Bonchev–Trinajstić information content (AvgIpc) is 3.65. The predicted molar refractivity (Wildman–Crippen MR) is 139 cm³/mol. The molecule has 1 atom stereocenters. The Morgan fingerprint density at radius 1 is 1.11 bits per heavy atom. The van der Waals surface area contributed by atoms with Gasteiger partial charge in [-0.05, 0) is 73.1 Å². The van der Waals surface area contributed by atoms with Crippen LogP contribution in [0.3, 0.4) is 0 Å². The van der Waals surface area contributed by atoms with Gasteiger partial charge in [-0.1, -0.05) is 24.3 Å². The van der Waals surface area contributed by atoms with E-state index in [9.17, 15) is 9.59 Å². The molecule has 0 aliphatic carbocycles. The number of hydrogen-bond donors (Lipinski definition) is 1. The summed E-state index contributed by atoms with van der Waals surface area (Å²) in [6.07, 6.45) is 5.54. The van der Waals surface area contributed by atoms with Gasteiger partial charge in [0.15, 0.2) is 0 Å². The first-order valence-corrected chi connectivity index (χ1v) is 12.4. The third-order valence-electron chi connectivity index (χ3n) is 7.49. The van der Waals surface area contributed by atoms with E-state index in [2.05, 4.69) is 51.9 Å². The summed E-state index contributed by atoms with van der Waals surface area (Å²) in [6, 6.07) is 18.6. The fraction of sp³-hybridized carbons (Fsp3) is 0.276. The van der Waals surface area contributed by atoms with E-state index in [1.165, 1.54) is 0 Å². The van der Waals surface area contributed by atoms with Crippen molar-refractivity contribution in [3.63, 3.8) is 0 Å². The van der Waals surface area contributed by atoms with Gasteiger partial charge in [-0.2, -0.15) is 0 Å². The Kier molecular flexibility index (Phi) is 5.57. The van der Waals surface area contributed by atoms with Crippen LogP contribution in [0.1, 0.15) is 43.8 Å². The molecule has 7 nitrogen and oxygen atoms in total. The molecule has 7 heteroatoms. The smallest absolute Gasteiger partial charge is 0.253 e. The van der Waals surface area contributed by atoms with E-state index in [0.29, 0.717) is 12.6 Å². The molecule has 0 saturated carbocycles. The fourth-order valence-corrected chi connectivity index (χ4v) is 5.35. The molecule has 1 unspecified atom stereocenters. The first kappa shape index (κ1) is 22.5. The lowest BCUT2D eigenvalue weighted by Gasteiger charge is -2.20. The van der Waals surface area contributed by atoms with Crippen molar-refractivity contribution in [2.75, 3.05) is 27.2 Å². The second kappa shape index (κ2) is 8.91. The number of hydrogen-bond acceptors (Lipinski definition) is 4. The Morgan fingerprint density at radius 3 is 2.72 bits per heavy atom. The van der Waals surface area contributed by atoms with Crippen LogP contribution in [0, 0.1) is 0 Å². The summed E-state index contributed by atoms with van der Waals surface area (Å²) in [5.74, 6) is 0.0997. The molecular formula is C29H29N5O2. The van der Waals surface area contributed by atoms with Gasteiger partial charge < -0.3 is 15.1 Å². The third-order valence-corrected chi connectivity index (χ3v) is 7.49. The van der Waals surface area contributed by atoms with Crippen LogP contribution in [0.15, 0.2) is 67.0 Å². The van der Waals surface area contributed by atoms with E-state index in [-0.39, 0.29) is 11.8 Å². The first-order chi connectivity index (χ1) is 17.5. The number of nitrogens with zero attached hydrogens (tertiary/aromatic N) is 4. The van der Waals surface area contributed by atoms with E-state index in [1.54, 1.807) is 0 Å². The zero-order valence-corrected chi connectivity index (χ0v) is 20.6. The molecule has 0 spiro atoms. The normalized spacial score (nSPS) is 17.1. The molecule has 6 rings (SSSR count). The molecule has 4 aromatic rings. The Hall–Kier alpha value is -3.97. The number of carbonyl (C=O) groups excluding carboxylic acids is 2. The average molecular weight is 480 g/mol. The summed E-state index contributed by atoms with van der Waals surface area (Å²) in [5, 5.41) is 2.88. The van der Waals surface area contributed by atoms with E-state index in [1.807, 2.05) is 53.7 Å². The van der Waals surface area contributed by atoms with Gasteiger partial charge in [0.2, 0.25) is 0 Å². The summed E-state index contributed by atoms with van der Waals surface area (Å²) in [4.78, 5) is 33.7. The van der Waals surface area contributed by atoms with Gasteiger partial charge in [0.25, 0.3) is 11.8 Å². The Bertz CT molecular complexity index is 1470. The maximum Gasteiger partial charge on any atom is 0.253 e. The Balaban J connectivity index is 1.22. The number of benzene rings is 2. The van der Waals surface area contributed by atoms with Crippen molar-refractivity contribution in [1.29, 1.82) is 0 Å². The monoisotopic (exact) mass is 479 g/mol. The van der Waals surface area contributed by atoms with Gasteiger partial charge in [0.1, 0.15) is 5.65 Å². The fourth-order valence-electron chi connectivity index (χ4n) is 5.35. The molecule has 2 aliphatic rings. The molecular weight excluding hydrogens is 450 g/mol. The van der Waals surface area contributed by atoms with E-state index in [4.69, 9.17) is 0 Å². The van der Waals surface area contributed by atoms with Crippen molar-refractivity contribution >= 4 is 17.5 Å². The molecule has 2 amide bonds. The van der Waals surface area contributed by atoms with Crippen molar-refractivity contribution in [3.05, 3.63) is 94.8 Å². The quantitative estimate of drug-likeness (QED) is 0.475. The molecule has 0 bridgehead atoms. The van der Waals surface area contributed by atoms with Crippen LogP contribution in [-0.2, 0) is 13.0 Å². The summed E-state index contributed by atoms with van der Waals surface area (Å²) in [7, 11) is 4.14. The largest absolute Gasteiger partial charge is 0.348 e. The number of nitrogens with one attached hydrogen (secondary N) is 1. The topological polar surface area (TPSA) is 70.0 Å². The molecule has 2 aliphatic heterocycles. The minimum Gasteiger partial charge on any atom is -0.348 e. The molecule has 182 valence electrons. The van der Waals surface area contributed by atoms with E-state index < -0.39 is 0 Å². The van der Waals surface area contributed by atoms with Crippen molar-refractivity contribution in [2.45, 2.75) is 25.4 Å². The molecule has 0 radical (unpaired) electrons. The van der Waals surface area contributed by atoms with Crippen LogP contribution in [0.5, 0.6) is 0 Å². The molecule has 1 N–H and O–H groups in total. The molecule has 2 aromatic heterocycles. The number of fused-ring (bicyclic) bond motifs is 2. The van der Waals surface area contributed by atoms with Gasteiger partial charge in [-0.25, -0.2) is 4.98 Å². The van der Waals surface area contributed by atoms with Gasteiger partial charge in [-0.3, -0.25) is 14.0 Å². The Morgan fingerprint density at radius 2 is 1.94 bits per heavy atom. The molecule has 2 aromatic carbocycles. The molecule has 1 saturated heterocycles. The number of aromatic nitrogens is 2. The number of carbonyl (C=O) groups is 2. The second-order valence-electron chi connectivity index (χ2n) is 9.95. The number of rotatable bonds is 5. The second-order valence-corrected chi connectivity index (χ2v) is 9.95. The van der Waals surface area contributed by atoms with Crippen LogP contribution in [-0.4, -0.2) is 64.2 Å². The number of amides is 2. The van der Waals surface area contributed by atoms with Crippen LogP contribution in [0.2, 0.25) is 0 Å². The third kappa shape index (κ3) is 3.95. The van der Waals surface area contributed by atoms with Crippen molar-refractivity contribution in [2.24, 2.45) is 0 Å². The van der Waals surface area contributed by atoms with E-state index in [0.717, 1.165) is 70.7 Å². The van der Waals surface area contributed by atoms with Crippen LogP contribution in [0.4, 0.5) is 0 Å². The van der Waals surface area contributed by atoms with Gasteiger partial charge in [0, 0.05) is 55.6 Å². The number of likely N-dealkylation sites (N-methyl/N-ethyl adjacent to an activating group) is 1. The summed E-state index contributed by atoms with van der Waals surface area (Å²) in [5.41, 5.74) is 7.78. The minimum absolute atomic E-state index is 0.00872. The molecule has 1 fully saturated rings. The zero-order valence-electron chi connectivity index (χ0n) is 20.6. The summed E-state index contributed by atoms with van der Waals surface area (Å²) >= 11 is 0. The minimum atomic E-state index is -0.00872. The van der Waals surface area contributed by atoms with Crippen LogP contribution < -0.4 is 5.32 Å². The van der Waals surface area contributed by atoms with Gasteiger partial charge >= 0.3 is 0 Å². The van der Waals surface area contributed by atoms with Crippen molar-refractivity contribution in [1.82, 2.24) is 24.5 Å². The van der Waals surface area contributed by atoms with Crippen molar-refractivity contribution < 1.29 is 9.59 Å². The standard InChI is InChI=1S/C29H29N5O2/c1-32(2)24-11-13-33(18-24)29(36)20-5-3-19(4-6-20)15-22-8-10-26(34-14-12-30-27(22)34)21-7-9-25-23(16-21)17-31-28(25)35/h3-10,12,14,16,24H,11,13,15,17-18H2,1-2H3,(H,31,35). The lowest BCUT2D eigenvalue weighted by atomic mass is 10.0. The SMILES string of the molecule is CN(C)C1CCN(C(=O)c2ccc(Cc3ccc(-c4ccc5c(c4)CNC5=O)n4ccnc34)cc2)C1. The summed E-state index contributed by atoms with van der Waals surface area (Å²) < 4.78 is 2.10. The number of imidazole rings is 1. The predicted octanol–water partition coefficient (Wildman–Crippen LogP) is 3.61. The molecule has 4 heterocycles. The highest BCUT2D eigenvalue weighted by Gasteiger charge is 2.28. The lowest BCUT2D eigenvalue weighted by Crippen LogP contribution is -2.34. The Labute approximate surface area is 210 Å². The van der Waals surface area contributed by atoms with Crippen LogP contribution in [0.25, 0.3) is 16.9 Å².